The molecule has 1 N–H and O–H groups in total. The van der Waals surface area contributed by atoms with E-state index in [1.807, 2.05) is 34.8 Å². The minimum absolute atomic E-state index is 0.0256. The van der Waals surface area contributed by atoms with E-state index in [0.29, 0.717) is 49.8 Å². The lowest BCUT2D eigenvalue weighted by molar-refractivity contribution is -0.132. The van der Waals surface area contributed by atoms with Crippen molar-refractivity contribution >= 4 is 17.6 Å². The van der Waals surface area contributed by atoms with Crippen LogP contribution in [0.1, 0.15) is 31.9 Å². The molecule has 1 heterocycles. The van der Waals surface area contributed by atoms with Crippen molar-refractivity contribution in [2.24, 2.45) is 7.05 Å². The second-order valence-corrected chi connectivity index (χ2v) is 8.04. The molecule has 0 aliphatic rings. The summed E-state index contributed by atoms with van der Waals surface area (Å²) in [4.78, 5) is 29.8. The molecule has 2 rings (SSSR count). The zero-order chi connectivity index (χ0) is 24.9. The van der Waals surface area contributed by atoms with E-state index in [9.17, 15) is 9.59 Å². The van der Waals surface area contributed by atoms with Crippen LogP contribution in [0.3, 0.4) is 0 Å². The van der Waals surface area contributed by atoms with Gasteiger partial charge >= 0.3 is 6.03 Å². The molecular formula is C25H38N4O5. The number of nitrogens with zero attached hydrogens (tertiary/aromatic N) is 3. The molecule has 1 aromatic heterocycles. The number of rotatable bonds is 14. The van der Waals surface area contributed by atoms with E-state index < -0.39 is 0 Å². The molecule has 0 atom stereocenters. The zero-order valence-electron chi connectivity index (χ0n) is 21.0. The summed E-state index contributed by atoms with van der Waals surface area (Å²) in [6.45, 7) is 4.09. The van der Waals surface area contributed by atoms with Gasteiger partial charge in [-0.2, -0.15) is 0 Å². The van der Waals surface area contributed by atoms with E-state index in [2.05, 4.69) is 12.2 Å². The average Bonchev–Trinajstić information content (AvgIpc) is 3.25. The summed E-state index contributed by atoms with van der Waals surface area (Å²) >= 11 is 0. The van der Waals surface area contributed by atoms with Crippen LogP contribution in [0.4, 0.5) is 10.5 Å². The maximum atomic E-state index is 13.3. The van der Waals surface area contributed by atoms with Gasteiger partial charge in [0, 0.05) is 51.8 Å². The summed E-state index contributed by atoms with van der Waals surface area (Å²) in [6, 6.07) is 8.75. The number of carbonyl (C=O) groups excluding carboxylic acids is 2. The molecule has 34 heavy (non-hydrogen) atoms. The molecule has 9 nitrogen and oxygen atoms in total. The number of nitrogens with one attached hydrogen (secondary N) is 1. The van der Waals surface area contributed by atoms with Gasteiger partial charge in [0.1, 0.15) is 18.0 Å². The van der Waals surface area contributed by atoms with Crippen LogP contribution in [0.2, 0.25) is 0 Å². The predicted molar refractivity (Wildman–Crippen MR) is 132 cm³/mol. The zero-order valence-corrected chi connectivity index (χ0v) is 21.0. The molecule has 0 aliphatic heterocycles. The summed E-state index contributed by atoms with van der Waals surface area (Å²) < 4.78 is 17.8. The number of ether oxygens (including phenoxy) is 3. The number of urea groups is 1. The fourth-order valence-electron chi connectivity index (χ4n) is 3.51. The number of carbonyl (C=O) groups is 2. The van der Waals surface area contributed by atoms with Crippen LogP contribution in [0.25, 0.3) is 0 Å². The molecule has 3 amide bonds. The van der Waals surface area contributed by atoms with Crippen molar-refractivity contribution in [2.45, 2.75) is 32.7 Å². The highest BCUT2D eigenvalue weighted by Gasteiger charge is 2.23. The number of hydrogen-bond donors (Lipinski definition) is 1. The maximum Gasteiger partial charge on any atom is 0.322 e. The fourth-order valence-corrected chi connectivity index (χ4v) is 3.51. The van der Waals surface area contributed by atoms with Gasteiger partial charge in [0.2, 0.25) is 5.91 Å². The lowest BCUT2D eigenvalue weighted by Gasteiger charge is -2.28. The number of hydrogen-bond acceptors (Lipinski definition) is 5. The Morgan fingerprint density at radius 3 is 2.41 bits per heavy atom. The lowest BCUT2D eigenvalue weighted by atomic mass is 10.2. The number of aromatic nitrogens is 1. The Bertz CT molecular complexity index is 914. The molecule has 9 heteroatoms. The number of unbranched alkanes of at least 4 members (excludes halogenated alkanes) is 1. The van der Waals surface area contributed by atoms with Crippen molar-refractivity contribution in [1.82, 2.24) is 14.4 Å². The largest absolute Gasteiger partial charge is 0.497 e. The number of methoxy groups -OCH3 is 3. The molecule has 0 fully saturated rings. The van der Waals surface area contributed by atoms with Crippen molar-refractivity contribution in [1.29, 1.82) is 0 Å². The Hall–Kier alpha value is -3.20. The molecule has 0 unspecified atom stereocenters. The normalized spacial score (nSPS) is 10.6. The van der Waals surface area contributed by atoms with Crippen LogP contribution in [-0.2, 0) is 23.1 Å². The first kappa shape index (κ1) is 27.0. The third-order valence-electron chi connectivity index (χ3n) is 5.58. The van der Waals surface area contributed by atoms with Gasteiger partial charge < -0.3 is 33.9 Å². The topological polar surface area (TPSA) is 85.3 Å². The molecule has 2 aromatic rings. The Labute approximate surface area is 202 Å². The number of aryl methyl sites for hydroxylation is 1. The second kappa shape index (κ2) is 14.1. The molecule has 0 radical (unpaired) electrons. The highest BCUT2D eigenvalue weighted by atomic mass is 16.5. The minimum Gasteiger partial charge on any atom is -0.497 e. The van der Waals surface area contributed by atoms with Gasteiger partial charge in [0.15, 0.2) is 0 Å². The van der Waals surface area contributed by atoms with Crippen molar-refractivity contribution in [3.8, 4) is 11.5 Å². The van der Waals surface area contributed by atoms with E-state index in [1.165, 1.54) is 12.0 Å². The third kappa shape index (κ3) is 7.98. The van der Waals surface area contributed by atoms with Gasteiger partial charge in [-0.05, 0) is 37.1 Å². The first-order chi connectivity index (χ1) is 16.4. The van der Waals surface area contributed by atoms with Crippen LogP contribution in [0, 0.1) is 0 Å². The predicted octanol–water partition coefficient (Wildman–Crippen LogP) is 3.74. The third-order valence-corrected chi connectivity index (χ3v) is 5.58. The Balaban J connectivity index is 2.16. The fraction of sp³-hybridized carbons (Fsp3) is 0.520. The van der Waals surface area contributed by atoms with Crippen LogP contribution >= 0.6 is 0 Å². The SMILES string of the molecule is CCCCN(Cc1cccn1C)C(=O)CN(CCCOC)C(=O)Nc1ccc(OC)cc1OC. The van der Waals surface area contributed by atoms with Gasteiger partial charge in [0.25, 0.3) is 0 Å². The molecule has 0 aliphatic carbocycles. The lowest BCUT2D eigenvalue weighted by Crippen LogP contribution is -2.45. The van der Waals surface area contributed by atoms with Crippen LogP contribution in [0.5, 0.6) is 11.5 Å². The summed E-state index contributed by atoms with van der Waals surface area (Å²) in [5.74, 6) is 1.00. The smallest absolute Gasteiger partial charge is 0.322 e. The van der Waals surface area contributed by atoms with Crippen LogP contribution < -0.4 is 14.8 Å². The first-order valence-electron chi connectivity index (χ1n) is 11.6. The van der Waals surface area contributed by atoms with Gasteiger partial charge in [-0.3, -0.25) is 4.79 Å². The summed E-state index contributed by atoms with van der Waals surface area (Å²) in [6.07, 6.45) is 4.45. The second-order valence-electron chi connectivity index (χ2n) is 8.04. The number of amides is 3. The molecule has 0 bridgehead atoms. The van der Waals surface area contributed by atoms with Crippen molar-refractivity contribution in [3.63, 3.8) is 0 Å². The first-order valence-corrected chi connectivity index (χ1v) is 11.6. The highest BCUT2D eigenvalue weighted by Crippen LogP contribution is 2.29. The van der Waals surface area contributed by atoms with E-state index in [1.54, 1.807) is 32.4 Å². The average molecular weight is 475 g/mol. The standard InChI is InChI=1S/C25H38N4O5/c1-6-7-14-28(18-20-10-8-13-27(20)2)24(30)19-29(15-9-16-32-3)25(31)26-22-12-11-21(33-4)17-23(22)34-5/h8,10-13,17H,6-7,9,14-16,18-19H2,1-5H3,(H,26,31). The molecule has 188 valence electrons. The van der Waals surface area contributed by atoms with Crippen LogP contribution in [-0.4, -0.2) is 73.9 Å². The summed E-state index contributed by atoms with van der Waals surface area (Å²) in [7, 11) is 6.67. The number of benzene rings is 1. The van der Waals surface area contributed by atoms with Crippen molar-refractivity contribution in [3.05, 3.63) is 42.2 Å². The molecule has 1 aromatic carbocycles. The molecule has 0 spiro atoms. The Morgan fingerprint density at radius 2 is 1.79 bits per heavy atom. The van der Waals surface area contributed by atoms with E-state index in [4.69, 9.17) is 14.2 Å². The molecular weight excluding hydrogens is 436 g/mol. The number of anilines is 1. The Morgan fingerprint density at radius 1 is 1.03 bits per heavy atom. The van der Waals surface area contributed by atoms with Crippen LogP contribution in [0.15, 0.2) is 36.5 Å². The van der Waals surface area contributed by atoms with Gasteiger partial charge in [-0.25, -0.2) is 4.79 Å². The summed E-state index contributed by atoms with van der Waals surface area (Å²) in [5, 5.41) is 2.87. The molecule has 0 saturated carbocycles. The Kier molecular flexibility index (Phi) is 11.3. The van der Waals surface area contributed by atoms with Gasteiger partial charge in [0.05, 0.1) is 26.5 Å². The summed E-state index contributed by atoms with van der Waals surface area (Å²) in [5.41, 5.74) is 1.55. The van der Waals surface area contributed by atoms with E-state index in [-0.39, 0.29) is 18.5 Å². The van der Waals surface area contributed by atoms with E-state index in [0.717, 1.165) is 18.5 Å². The highest BCUT2D eigenvalue weighted by molar-refractivity contribution is 5.93. The monoisotopic (exact) mass is 474 g/mol. The maximum absolute atomic E-state index is 13.3. The van der Waals surface area contributed by atoms with E-state index >= 15 is 0 Å². The van der Waals surface area contributed by atoms with Gasteiger partial charge in [-0.1, -0.05) is 13.3 Å². The molecule has 0 saturated heterocycles. The van der Waals surface area contributed by atoms with Gasteiger partial charge in [-0.15, -0.1) is 0 Å². The quantitative estimate of drug-likeness (QED) is 0.422. The van der Waals surface area contributed by atoms with Crippen molar-refractivity contribution in [2.75, 3.05) is 52.9 Å². The van der Waals surface area contributed by atoms with Crippen molar-refractivity contribution < 1.29 is 23.8 Å². The minimum atomic E-state index is -0.373.